The van der Waals surface area contributed by atoms with Gasteiger partial charge in [-0.15, -0.1) is 0 Å². The Morgan fingerprint density at radius 1 is 0.931 bits per heavy atom. The van der Waals surface area contributed by atoms with Crippen LogP contribution in [0.25, 0.3) is 11.4 Å². The Hall–Kier alpha value is -3.28. The molecule has 6 heteroatoms. The van der Waals surface area contributed by atoms with Crippen molar-refractivity contribution in [3.8, 4) is 11.4 Å². The van der Waals surface area contributed by atoms with Crippen molar-refractivity contribution in [1.29, 1.82) is 0 Å². The van der Waals surface area contributed by atoms with Gasteiger partial charge in [-0.1, -0.05) is 42.0 Å². The van der Waals surface area contributed by atoms with E-state index in [1.165, 1.54) is 17.7 Å². The Bertz CT molecular complexity index is 1030. The molecule has 0 saturated carbocycles. The number of benzene rings is 2. The Morgan fingerprint density at radius 3 is 2.31 bits per heavy atom. The molecule has 1 fully saturated rings. The maximum Gasteiger partial charge on any atom is 0.256 e. The molecule has 1 aliphatic heterocycles. The molecule has 2 aromatic carbocycles. The van der Waals surface area contributed by atoms with Crippen LogP contribution in [0.1, 0.15) is 21.6 Å². The van der Waals surface area contributed by atoms with Crippen molar-refractivity contribution in [2.75, 3.05) is 31.1 Å². The number of amides is 1. The molecule has 0 bridgehead atoms. The number of hydrogen-bond acceptors (Lipinski definition) is 4. The van der Waals surface area contributed by atoms with Crippen LogP contribution in [-0.2, 0) is 0 Å². The van der Waals surface area contributed by atoms with Gasteiger partial charge in [-0.25, -0.2) is 14.4 Å². The number of rotatable bonds is 3. The SMILES string of the molecule is Cc1ccc(-c2nc(C)cc(N3CCN(C(=O)c4ccccc4F)CC3)n2)cc1. The number of aryl methyl sites for hydroxylation is 2. The molecule has 3 aromatic rings. The summed E-state index contributed by atoms with van der Waals surface area (Å²) in [6, 6.07) is 16.2. The third-order valence-corrected chi connectivity index (χ3v) is 5.15. The van der Waals surface area contributed by atoms with Gasteiger partial charge in [0.2, 0.25) is 0 Å². The lowest BCUT2D eigenvalue weighted by Gasteiger charge is -2.35. The minimum absolute atomic E-state index is 0.125. The number of aromatic nitrogens is 2. The summed E-state index contributed by atoms with van der Waals surface area (Å²) in [6.07, 6.45) is 0. The van der Waals surface area contributed by atoms with Crippen LogP contribution in [0.3, 0.4) is 0 Å². The van der Waals surface area contributed by atoms with Crippen molar-refractivity contribution in [2.45, 2.75) is 13.8 Å². The highest BCUT2D eigenvalue weighted by atomic mass is 19.1. The van der Waals surface area contributed by atoms with Crippen LogP contribution >= 0.6 is 0 Å². The lowest BCUT2D eigenvalue weighted by atomic mass is 10.1. The smallest absolute Gasteiger partial charge is 0.256 e. The minimum Gasteiger partial charge on any atom is -0.353 e. The van der Waals surface area contributed by atoms with Gasteiger partial charge in [0.15, 0.2) is 5.82 Å². The lowest BCUT2D eigenvalue weighted by Crippen LogP contribution is -2.49. The average Bonchev–Trinajstić information content (AvgIpc) is 2.74. The summed E-state index contributed by atoms with van der Waals surface area (Å²) in [5.41, 5.74) is 3.20. The number of anilines is 1. The Labute approximate surface area is 169 Å². The van der Waals surface area contributed by atoms with Crippen molar-refractivity contribution in [3.05, 3.63) is 77.2 Å². The summed E-state index contributed by atoms with van der Waals surface area (Å²) in [6.45, 7) is 6.34. The van der Waals surface area contributed by atoms with E-state index in [0.717, 1.165) is 17.1 Å². The average molecular weight is 390 g/mol. The normalized spacial score (nSPS) is 14.2. The molecule has 2 heterocycles. The lowest BCUT2D eigenvalue weighted by molar-refractivity contribution is 0.0742. The van der Waals surface area contributed by atoms with Gasteiger partial charge in [0.25, 0.3) is 5.91 Å². The van der Waals surface area contributed by atoms with Crippen molar-refractivity contribution >= 4 is 11.7 Å². The maximum atomic E-state index is 13.9. The van der Waals surface area contributed by atoms with Crippen molar-refractivity contribution in [1.82, 2.24) is 14.9 Å². The number of halogens is 1. The van der Waals surface area contributed by atoms with Gasteiger partial charge in [0.05, 0.1) is 5.56 Å². The molecular formula is C23H23FN4O. The molecule has 29 heavy (non-hydrogen) atoms. The summed E-state index contributed by atoms with van der Waals surface area (Å²) < 4.78 is 13.9. The van der Waals surface area contributed by atoms with Crippen LogP contribution in [0.4, 0.5) is 10.2 Å². The van der Waals surface area contributed by atoms with Crippen LogP contribution in [0, 0.1) is 19.7 Å². The second kappa shape index (κ2) is 7.99. The standard InChI is InChI=1S/C23H23FN4O/c1-16-7-9-18(10-8-16)22-25-17(2)15-21(26-22)27-11-13-28(14-12-27)23(29)19-5-3-4-6-20(19)24/h3-10,15H,11-14H2,1-2H3. The largest absolute Gasteiger partial charge is 0.353 e. The fourth-order valence-corrected chi connectivity index (χ4v) is 3.49. The highest BCUT2D eigenvalue weighted by Crippen LogP contribution is 2.22. The van der Waals surface area contributed by atoms with E-state index in [1.54, 1.807) is 17.0 Å². The molecule has 0 aliphatic carbocycles. The molecule has 5 nitrogen and oxygen atoms in total. The fraction of sp³-hybridized carbons (Fsp3) is 0.261. The molecule has 0 radical (unpaired) electrons. The topological polar surface area (TPSA) is 49.3 Å². The summed E-state index contributed by atoms with van der Waals surface area (Å²) in [4.78, 5) is 25.8. The van der Waals surface area contributed by atoms with Crippen LogP contribution in [0.2, 0.25) is 0 Å². The van der Waals surface area contributed by atoms with E-state index < -0.39 is 5.82 Å². The van der Waals surface area contributed by atoms with E-state index in [9.17, 15) is 9.18 Å². The zero-order valence-electron chi connectivity index (χ0n) is 16.6. The number of piperazine rings is 1. The van der Waals surface area contributed by atoms with Gasteiger partial charge in [-0.3, -0.25) is 4.79 Å². The summed E-state index contributed by atoms with van der Waals surface area (Å²) >= 11 is 0. The zero-order valence-corrected chi connectivity index (χ0v) is 16.6. The molecule has 0 N–H and O–H groups in total. The first-order chi connectivity index (χ1) is 14.0. The van der Waals surface area contributed by atoms with E-state index >= 15 is 0 Å². The number of carbonyl (C=O) groups excluding carboxylic acids is 1. The molecule has 1 saturated heterocycles. The molecule has 1 amide bonds. The quantitative estimate of drug-likeness (QED) is 0.681. The third kappa shape index (κ3) is 4.11. The van der Waals surface area contributed by atoms with Crippen LogP contribution in [-0.4, -0.2) is 47.0 Å². The van der Waals surface area contributed by atoms with Gasteiger partial charge >= 0.3 is 0 Å². The second-order valence-electron chi connectivity index (χ2n) is 7.32. The van der Waals surface area contributed by atoms with E-state index in [4.69, 9.17) is 4.98 Å². The van der Waals surface area contributed by atoms with Crippen LogP contribution in [0.5, 0.6) is 0 Å². The molecule has 4 rings (SSSR count). The molecule has 0 atom stereocenters. The first-order valence-electron chi connectivity index (χ1n) is 9.73. The first-order valence-corrected chi connectivity index (χ1v) is 9.73. The van der Waals surface area contributed by atoms with Gasteiger partial charge in [0.1, 0.15) is 11.6 Å². The maximum absolute atomic E-state index is 13.9. The Morgan fingerprint density at radius 2 is 1.62 bits per heavy atom. The van der Waals surface area contributed by atoms with Gasteiger partial charge in [-0.2, -0.15) is 0 Å². The molecule has 1 aromatic heterocycles. The summed E-state index contributed by atoms with van der Waals surface area (Å²) in [5.74, 6) is 0.812. The van der Waals surface area contributed by atoms with Crippen molar-refractivity contribution in [3.63, 3.8) is 0 Å². The Kier molecular flexibility index (Phi) is 5.25. The van der Waals surface area contributed by atoms with Gasteiger partial charge < -0.3 is 9.80 Å². The highest BCUT2D eigenvalue weighted by molar-refractivity contribution is 5.94. The van der Waals surface area contributed by atoms with Crippen LogP contribution in [0.15, 0.2) is 54.6 Å². The number of nitrogens with zero attached hydrogens (tertiary/aromatic N) is 4. The molecule has 148 valence electrons. The van der Waals surface area contributed by atoms with Gasteiger partial charge in [-0.05, 0) is 26.0 Å². The molecule has 1 aliphatic rings. The predicted molar refractivity (Wildman–Crippen MR) is 111 cm³/mol. The van der Waals surface area contributed by atoms with E-state index in [1.807, 2.05) is 44.2 Å². The number of hydrogen-bond donors (Lipinski definition) is 0. The van der Waals surface area contributed by atoms with Crippen molar-refractivity contribution in [2.24, 2.45) is 0 Å². The highest BCUT2D eigenvalue weighted by Gasteiger charge is 2.25. The first kappa shape index (κ1) is 19.1. The Balaban J connectivity index is 1.49. The summed E-state index contributed by atoms with van der Waals surface area (Å²) in [7, 11) is 0. The van der Waals surface area contributed by atoms with E-state index in [2.05, 4.69) is 9.88 Å². The second-order valence-corrected chi connectivity index (χ2v) is 7.32. The molecule has 0 unspecified atom stereocenters. The summed E-state index contributed by atoms with van der Waals surface area (Å²) in [5, 5.41) is 0. The third-order valence-electron chi connectivity index (χ3n) is 5.15. The van der Waals surface area contributed by atoms with Gasteiger partial charge in [0, 0.05) is 43.5 Å². The van der Waals surface area contributed by atoms with E-state index in [-0.39, 0.29) is 11.5 Å². The monoisotopic (exact) mass is 390 g/mol. The zero-order chi connectivity index (χ0) is 20.4. The van der Waals surface area contributed by atoms with Crippen molar-refractivity contribution < 1.29 is 9.18 Å². The number of carbonyl (C=O) groups is 1. The molecule has 0 spiro atoms. The minimum atomic E-state index is -0.478. The molecular weight excluding hydrogens is 367 g/mol. The predicted octanol–water partition coefficient (Wildman–Crippen LogP) is 3.86. The van der Waals surface area contributed by atoms with Crippen LogP contribution < -0.4 is 4.90 Å². The fourth-order valence-electron chi connectivity index (χ4n) is 3.49. The van der Waals surface area contributed by atoms with E-state index in [0.29, 0.717) is 32.0 Å².